The number of aryl methyl sites for hydroxylation is 1. The van der Waals surface area contributed by atoms with Crippen molar-refractivity contribution in [1.82, 2.24) is 5.32 Å². The van der Waals surface area contributed by atoms with Crippen molar-refractivity contribution in [2.45, 2.75) is 25.8 Å². The van der Waals surface area contributed by atoms with E-state index >= 15 is 0 Å². The van der Waals surface area contributed by atoms with E-state index in [1.165, 1.54) is 13.0 Å². The second-order valence-electron chi connectivity index (χ2n) is 3.93. The predicted octanol–water partition coefficient (Wildman–Crippen LogP) is 2.56. The first kappa shape index (κ1) is 10.9. The molecule has 2 amide bonds. The number of carbonyl (C=O) groups is 1. The van der Waals surface area contributed by atoms with Gasteiger partial charge in [-0.25, -0.2) is 13.6 Å². The third kappa shape index (κ3) is 2.29. The lowest BCUT2D eigenvalue weighted by molar-refractivity contribution is 0.251. The molecule has 0 spiro atoms. The summed E-state index contributed by atoms with van der Waals surface area (Å²) in [6.07, 6.45) is 1.85. The van der Waals surface area contributed by atoms with Crippen LogP contribution in [0.1, 0.15) is 18.4 Å². The quantitative estimate of drug-likeness (QED) is 0.799. The van der Waals surface area contributed by atoms with Crippen molar-refractivity contribution in [3.8, 4) is 0 Å². The molecule has 5 heteroatoms. The SMILES string of the molecule is Cc1ccc(F)c(NC(=O)NC2CC2)c1F. The zero-order valence-electron chi connectivity index (χ0n) is 8.81. The van der Waals surface area contributed by atoms with Crippen LogP contribution in [0.5, 0.6) is 0 Å². The number of benzene rings is 1. The Labute approximate surface area is 91.8 Å². The number of hydrogen-bond donors (Lipinski definition) is 2. The molecule has 1 aliphatic rings. The third-order valence-corrected chi connectivity index (χ3v) is 2.44. The van der Waals surface area contributed by atoms with Crippen molar-refractivity contribution in [3.05, 3.63) is 29.3 Å². The van der Waals surface area contributed by atoms with Gasteiger partial charge < -0.3 is 10.6 Å². The van der Waals surface area contributed by atoms with Gasteiger partial charge >= 0.3 is 6.03 Å². The summed E-state index contributed by atoms with van der Waals surface area (Å²) in [7, 11) is 0. The Morgan fingerprint density at radius 1 is 1.38 bits per heavy atom. The largest absolute Gasteiger partial charge is 0.335 e. The van der Waals surface area contributed by atoms with Crippen LogP contribution in [0.3, 0.4) is 0 Å². The molecule has 0 aliphatic heterocycles. The molecule has 1 aromatic carbocycles. The fraction of sp³-hybridized carbons (Fsp3) is 0.364. The first-order chi connectivity index (χ1) is 7.58. The minimum absolute atomic E-state index is 0.149. The second-order valence-corrected chi connectivity index (χ2v) is 3.93. The molecule has 1 fully saturated rings. The Kier molecular flexibility index (Phi) is 2.77. The average molecular weight is 226 g/mol. The van der Waals surface area contributed by atoms with Gasteiger partial charge in [-0.1, -0.05) is 6.07 Å². The molecule has 86 valence electrons. The summed E-state index contributed by atoms with van der Waals surface area (Å²) in [4.78, 5) is 11.3. The zero-order chi connectivity index (χ0) is 11.7. The van der Waals surface area contributed by atoms with E-state index in [9.17, 15) is 13.6 Å². The molecule has 0 bridgehead atoms. The smallest absolute Gasteiger partial charge is 0.319 e. The molecule has 1 aromatic rings. The Bertz CT molecular complexity index is 430. The van der Waals surface area contributed by atoms with E-state index in [1.54, 1.807) is 0 Å². The number of halogens is 2. The van der Waals surface area contributed by atoms with E-state index in [2.05, 4.69) is 10.6 Å². The summed E-state index contributed by atoms with van der Waals surface area (Å²) in [5.74, 6) is -1.50. The molecule has 0 unspecified atom stereocenters. The number of amides is 2. The number of hydrogen-bond acceptors (Lipinski definition) is 1. The molecule has 0 heterocycles. The van der Waals surface area contributed by atoms with Gasteiger partial charge in [-0.15, -0.1) is 0 Å². The zero-order valence-corrected chi connectivity index (χ0v) is 8.81. The predicted molar refractivity (Wildman–Crippen MR) is 56.3 cm³/mol. The standard InChI is InChI=1S/C11H12F2N2O/c1-6-2-5-8(12)10(9(6)13)15-11(16)14-7-3-4-7/h2,5,7H,3-4H2,1H3,(H2,14,15,16). The van der Waals surface area contributed by atoms with Crippen LogP contribution < -0.4 is 10.6 Å². The number of nitrogens with one attached hydrogen (secondary N) is 2. The van der Waals surface area contributed by atoms with Crippen molar-refractivity contribution >= 4 is 11.7 Å². The maximum absolute atomic E-state index is 13.5. The number of carbonyl (C=O) groups excluding carboxylic acids is 1. The maximum atomic E-state index is 13.5. The summed E-state index contributed by atoms with van der Waals surface area (Å²) in [6, 6.07) is 2.04. The molecule has 16 heavy (non-hydrogen) atoms. The molecule has 0 saturated heterocycles. The van der Waals surface area contributed by atoms with Crippen LogP contribution in [-0.2, 0) is 0 Å². The topological polar surface area (TPSA) is 41.1 Å². The van der Waals surface area contributed by atoms with Gasteiger partial charge in [-0.3, -0.25) is 0 Å². The van der Waals surface area contributed by atoms with E-state index in [0.717, 1.165) is 18.9 Å². The highest BCUT2D eigenvalue weighted by molar-refractivity contribution is 5.90. The van der Waals surface area contributed by atoms with Crippen molar-refractivity contribution in [1.29, 1.82) is 0 Å². The normalized spacial score (nSPS) is 14.7. The van der Waals surface area contributed by atoms with E-state index < -0.39 is 23.4 Å². The molecule has 1 saturated carbocycles. The lowest BCUT2D eigenvalue weighted by Crippen LogP contribution is -2.31. The molecule has 2 N–H and O–H groups in total. The highest BCUT2D eigenvalue weighted by Gasteiger charge is 2.24. The fourth-order valence-electron chi connectivity index (χ4n) is 1.33. The van der Waals surface area contributed by atoms with Crippen molar-refractivity contribution in [3.63, 3.8) is 0 Å². The van der Waals surface area contributed by atoms with E-state index in [1.807, 2.05) is 0 Å². The monoisotopic (exact) mass is 226 g/mol. The van der Waals surface area contributed by atoms with E-state index in [-0.39, 0.29) is 6.04 Å². The van der Waals surface area contributed by atoms with E-state index in [4.69, 9.17) is 0 Å². The van der Waals surface area contributed by atoms with Crippen molar-refractivity contribution in [2.24, 2.45) is 0 Å². The van der Waals surface area contributed by atoms with Gasteiger partial charge in [0.2, 0.25) is 0 Å². The summed E-state index contributed by atoms with van der Waals surface area (Å²) in [6.45, 7) is 1.51. The molecule has 1 aliphatic carbocycles. The Morgan fingerprint density at radius 2 is 2.06 bits per heavy atom. The number of rotatable bonds is 2. The van der Waals surface area contributed by atoms with Crippen LogP contribution in [0.2, 0.25) is 0 Å². The molecular weight excluding hydrogens is 214 g/mol. The molecule has 2 rings (SSSR count). The molecule has 3 nitrogen and oxygen atoms in total. The van der Waals surface area contributed by atoms with Gasteiger partial charge in [0.05, 0.1) is 0 Å². The Hall–Kier alpha value is -1.65. The second kappa shape index (κ2) is 4.08. The minimum Gasteiger partial charge on any atom is -0.335 e. The molecule has 0 aromatic heterocycles. The van der Waals surface area contributed by atoms with Crippen LogP contribution in [0, 0.1) is 18.6 Å². The van der Waals surface area contributed by atoms with Crippen LogP contribution in [0.4, 0.5) is 19.3 Å². The van der Waals surface area contributed by atoms with Gasteiger partial charge in [0, 0.05) is 6.04 Å². The van der Waals surface area contributed by atoms with Gasteiger partial charge in [-0.2, -0.15) is 0 Å². The van der Waals surface area contributed by atoms with Crippen molar-refractivity contribution < 1.29 is 13.6 Å². The summed E-state index contributed by atoms with van der Waals surface area (Å²) in [5.41, 5.74) is -0.0960. The fourth-order valence-corrected chi connectivity index (χ4v) is 1.33. The maximum Gasteiger partial charge on any atom is 0.319 e. The highest BCUT2D eigenvalue weighted by Crippen LogP contribution is 2.22. The number of anilines is 1. The van der Waals surface area contributed by atoms with Crippen LogP contribution in [-0.4, -0.2) is 12.1 Å². The summed E-state index contributed by atoms with van der Waals surface area (Å²) in [5, 5.41) is 4.78. The highest BCUT2D eigenvalue weighted by atomic mass is 19.1. The molecule has 0 radical (unpaired) electrons. The lowest BCUT2D eigenvalue weighted by Gasteiger charge is -2.09. The van der Waals surface area contributed by atoms with Crippen LogP contribution >= 0.6 is 0 Å². The van der Waals surface area contributed by atoms with E-state index in [0.29, 0.717) is 5.56 Å². The molecule has 0 atom stereocenters. The summed E-state index contributed by atoms with van der Waals surface area (Å²) >= 11 is 0. The first-order valence-corrected chi connectivity index (χ1v) is 5.10. The van der Waals surface area contributed by atoms with Crippen LogP contribution in [0.15, 0.2) is 12.1 Å². The molecular formula is C11H12F2N2O. The van der Waals surface area contributed by atoms with Gasteiger partial charge in [0.15, 0.2) is 5.82 Å². The first-order valence-electron chi connectivity index (χ1n) is 5.10. The lowest BCUT2D eigenvalue weighted by atomic mass is 10.2. The van der Waals surface area contributed by atoms with Gasteiger partial charge in [-0.05, 0) is 31.4 Å². The Balaban J connectivity index is 2.12. The third-order valence-electron chi connectivity index (χ3n) is 2.44. The minimum atomic E-state index is -0.769. The van der Waals surface area contributed by atoms with Crippen molar-refractivity contribution in [2.75, 3.05) is 5.32 Å². The summed E-state index contributed by atoms with van der Waals surface area (Å²) < 4.78 is 26.8. The van der Waals surface area contributed by atoms with Crippen LogP contribution in [0.25, 0.3) is 0 Å². The van der Waals surface area contributed by atoms with Gasteiger partial charge in [0.1, 0.15) is 11.5 Å². The number of urea groups is 1. The Morgan fingerprint density at radius 3 is 2.69 bits per heavy atom. The average Bonchev–Trinajstić information content (AvgIpc) is 3.02. The van der Waals surface area contributed by atoms with Gasteiger partial charge in [0.25, 0.3) is 0 Å².